The zero-order valence-electron chi connectivity index (χ0n) is 10.1. The van der Waals surface area contributed by atoms with Crippen LogP contribution in [0.1, 0.15) is 52.9 Å². The highest BCUT2D eigenvalue weighted by atomic mass is 15.3. The lowest BCUT2D eigenvalue weighted by atomic mass is 9.84. The molecule has 0 radical (unpaired) electrons. The van der Waals surface area contributed by atoms with Crippen molar-refractivity contribution in [3.8, 4) is 0 Å². The maximum Gasteiger partial charge on any atom is 0.0867 e. The highest BCUT2D eigenvalue weighted by molar-refractivity contribution is 5.18. The average molecular weight is 195 g/mol. The molecule has 1 rings (SSSR count). The minimum absolute atomic E-state index is 0.101. The molecule has 0 unspecified atom stereocenters. The molecule has 0 saturated carbocycles. The second kappa shape index (κ2) is 3.37. The molecule has 0 aliphatic carbocycles. The zero-order valence-corrected chi connectivity index (χ0v) is 10.1. The molecule has 0 aliphatic rings. The van der Waals surface area contributed by atoms with Crippen LogP contribution < -0.4 is 0 Å². The predicted molar refractivity (Wildman–Crippen MR) is 58.2 cm³/mol. The molecule has 1 aromatic rings. The molecule has 1 aromatic heterocycles. The second-order valence-electron chi connectivity index (χ2n) is 6.12. The van der Waals surface area contributed by atoms with Crippen molar-refractivity contribution >= 4 is 0 Å². The molecule has 0 amide bonds. The molecule has 3 nitrogen and oxygen atoms in total. The number of H-pyrrole nitrogens is 1. The number of nitrogens with zero attached hydrogens (tertiary/aromatic N) is 2. The van der Waals surface area contributed by atoms with Crippen LogP contribution in [0.2, 0.25) is 0 Å². The van der Waals surface area contributed by atoms with Crippen molar-refractivity contribution in [2.24, 2.45) is 5.41 Å². The lowest BCUT2D eigenvalue weighted by Crippen LogP contribution is -2.18. The van der Waals surface area contributed by atoms with Gasteiger partial charge in [0.1, 0.15) is 0 Å². The van der Waals surface area contributed by atoms with Gasteiger partial charge in [-0.2, -0.15) is 0 Å². The maximum absolute atomic E-state index is 4.16. The number of aromatic nitrogens is 3. The van der Waals surface area contributed by atoms with E-state index in [0.717, 1.165) is 17.8 Å². The normalized spacial score (nSPS) is 13.3. The molecule has 0 saturated heterocycles. The first kappa shape index (κ1) is 11.2. The third-order valence-corrected chi connectivity index (χ3v) is 2.07. The summed E-state index contributed by atoms with van der Waals surface area (Å²) < 4.78 is 0. The Labute approximate surface area is 86.3 Å². The van der Waals surface area contributed by atoms with Gasteiger partial charge in [0, 0.05) is 5.41 Å². The Balaban J connectivity index is 2.95. The van der Waals surface area contributed by atoms with Crippen molar-refractivity contribution in [2.75, 3.05) is 0 Å². The van der Waals surface area contributed by atoms with E-state index in [9.17, 15) is 0 Å². The Hall–Kier alpha value is -0.860. The van der Waals surface area contributed by atoms with E-state index in [-0.39, 0.29) is 10.8 Å². The van der Waals surface area contributed by atoms with Gasteiger partial charge in [0.05, 0.1) is 11.4 Å². The van der Waals surface area contributed by atoms with Gasteiger partial charge in [0.2, 0.25) is 0 Å². The van der Waals surface area contributed by atoms with E-state index in [1.807, 2.05) is 0 Å². The average Bonchev–Trinajstić information content (AvgIpc) is 2.29. The van der Waals surface area contributed by atoms with Crippen LogP contribution in [0.15, 0.2) is 0 Å². The standard InChI is InChI=1S/C11H21N3/c1-10(2,3)7-8-9(11(4,5)6)13-14-12-8/h7H2,1-6H3,(H,12,13,14). The molecule has 1 N–H and O–H groups in total. The molecule has 1 heterocycles. The molecule has 3 heteroatoms. The van der Waals surface area contributed by atoms with Crippen molar-refractivity contribution in [3.05, 3.63) is 11.4 Å². The Morgan fingerprint density at radius 3 is 2.07 bits per heavy atom. The number of hydrogen-bond acceptors (Lipinski definition) is 2. The van der Waals surface area contributed by atoms with Crippen LogP contribution in [-0.2, 0) is 11.8 Å². The van der Waals surface area contributed by atoms with Crippen LogP contribution in [-0.4, -0.2) is 15.4 Å². The fourth-order valence-electron chi connectivity index (χ4n) is 1.48. The smallest absolute Gasteiger partial charge is 0.0867 e. The summed E-state index contributed by atoms with van der Waals surface area (Å²) in [6.45, 7) is 13.2. The molecule has 0 bridgehead atoms. The first-order valence-electron chi connectivity index (χ1n) is 5.10. The van der Waals surface area contributed by atoms with Crippen molar-refractivity contribution in [2.45, 2.75) is 53.4 Å². The third kappa shape index (κ3) is 2.82. The topological polar surface area (TPSA) is 41.6 Å². The summed E-state index contributed by atoms with van der Waals surface area (Å²) in [6.07, 6.45) is 0.968. The highest BCUT2D eigenvalue weighted by Crippen LogP contribution is 2.27. The van der Waals surface area contributed by atoms with Gasteiger partial charge in [0.15, 0.2) is 0 Å². The van der Waals surface area contributed by atoms with Crippen LogP contribution in [0.25, 0.3) is 0 Å². The molecular formula is C11H21N3. The van der Waals surface area contributed by atoms with E-state index < -0.39 is 0 Å². The minimum atomic E-state index is 0.101. The number of hydrogen-bond donors (Lipinski definition) is 1. The van der Waals surface area contributed by atoms with Crippen LogP contribution in [0.5, 0.6) is 0 Å². The number of nitrogens with one attached hydrogen (secondary N) is 1. The lowest BCUT2D eigenvalue weighted by Gasteiger charge is -2.21. The van der Waals surface area contributed by atoms with Crippen molar-refractivity contribution < 1.29 is 0 Å². The monoisotopic (exact) mass is 195 g/mol. The zero-order chi connectivity index (χ0) is 11.0. The van der Waals surface area contributed by atoms with Gasteiger partial charge < -0.3 is 0 Å². The second-order valence-corrected chi connectivity index (χ2v) is 6.12. The first-order chi connectivity index (χ1) is 6.20. The van der Waals surface area contributed by atoms with E-state index in [0.29, 0.717) is 0 Å². The Morgan fingerprint density at radius 2 is 1.64 bits per heavy atom. The van der Waals surface area contributed by atoms with Gasteiger partial charge in [-0.15, -0.1) is 5.10 Å². The van der Waals surface area contributed by atoms with Crippen molar-refractivity contribution in [1.29, 1.82) is 0 Å². The van der Waals surface area contributed by atoms with Gasteiger partial charge in [-0.1, -0.05) is 46.8 Å². The van der Waals surface area contributed by atoms with Crippen molar-refractivity contribution in [1.82, 2.24) is 15.4 Å². The first-order valence-corrected chi connectivity index (χ1v) is 5.10. The summed E-state index contributed by atoms with van der Waals surface area (Å²) >= 11 is 0. The fraction of sp³-hybridized carbons (Fsp3) is 0.818. The third-order valence-electron chi connectivity index (χ3n) is 2.07. The van der Waals surface area contributed by atoms with Crippen molar-refractivity contribution in [3.63, 3.8) is 0 Å². The van der Waals surface area contributed by atoms with Gasteiger partial charge in [-0.25, -0.2) is 0 Å². The molecule has 14 heavy (non-hydrogen) atoms. The molecular weight excluding hydrogens is 174 g/mol. The van der Waals surface area contributed by atoms with Gasteiger partial charge in [-0.05, 0) is 11.8 Å². The Kier molecular flexibility index (Phi) is 2.70. The quantitative estimate of drug-likeness (QED) is 0.748. The molecule has 0 aliphatic heterocycles. The van der Waals surface area contributed by atoms with Crippen LogP contribution in [0.3, 0.4) is 0 Å². The molecule has 0 atom stereocenters. The van der Waals surface area contributed by atoms with Crippen LogP contribution in [0, 0.1) is 5.41 Å². The Morgan fingerprint density at radius 1 is 1.07 bits per heavy atom. The van der Waals surface area contributed by atoms with Crippen LogP contribution >= 0.6 is 0 Å². The van der Waals surface area contributed by atoms with Gasteiger partial charge >= 0.3 is 0 Å². The summed E-state index contributed by atoms with van der Waals surface area (Å²) in [5, 5.41) is 11.1. The summed E-state index contributed by atoms with van der Waals surface area (Å²) in [6, 6.07) is 0. The van der Waals surface area contributed by atoms with E-state index in [1.54, 1.807) is 0 Å². The summed E-state index contributed by atoms with van der Waals surface area (Å²) in [7, 11) is 0. The molecule has 80 valence electrons. The highest BCUT2D eigenvalue weighted by Gasteiger charge is 2.24. The van der Waals surface area contributed by atoms with E-state index in [1.165, 1.54) is 0 Å². The fourth-order valence-corrected chi connectivity index (χ4v) is 1.48. The van der Waals surface area contributed by atoms with E-state index in [4.69, 9.17) is 0 Å². The maximum atomic E-state index is 4.16. The minimum Gasteiger partial charge on any atom is -0.261 e. The number of aromatic amines is 1. The van der Waals surface area contributed by atoms with Crippen LogP contribution in [0.4, 0.5) is 0 Å². The molecule has 0 fully saturated rings. The summed E-state index contributed by atoms with van der Waals surface area (Å²) in [5.74, 6) is 0. The van der Waals surface area contributed by atoms with Gasteiger partial charge in [-0.3, -0.25) is 5.10 Å². The lowest BCUT2D eigenvalue weighted by molar-refractivity contribution is 0.400. The summed E-state index contributed by atoms with van der Waals surface area (Å²) in [4.78, 5) is 0. The molecule has 0 aromatic carbocycles. The Bertz CT molecular complexity index is 299. The van der Waals surface area contributed by atoms with E-state index in [2.05, 4.69) is 57.0 Å². The SMILES string of the molecule is CC(C)(C)Cc1nn[nH]c1C(C)(C)C. The van der Waals surface area contributed by atoms with Gasteiger partial charge in [0.25, 0.3) is 0 Å². The van der Waals surface area contributed by atoms with E-state index >= 15 is 0 Å². The predicted octanol–water partition coefficient (Wildman–Crippen LogP) is 2.69. The molecule has 0 spiro atoms. The number of rotatable bonds is 1. The summed E-state index contributed by atoms with van der Waals surface area (Å²) in [5.41, 5.74) is 2.62. The largest absolute Gasteiger partial charge is 0.261 e.